The van der Waals surface area contributed by atoms with Gasteiger partial charge in [0.1, 0.15) is 0 Å². The smallest absolute Gasteiger partial charge is 0.0945 e. The first-order valence-electron chi connectivity index (χ1n) is 6.72. The van der Waals surface area contributed by atoms with Gasteiger partial charge in [-0.15, -0.1) is 0 Å². The van der Waals surface area contributed by atoms with Gasteiger partial charge in [0, 0.05) is 18.8 Å². The highest BCUT2D eigenvalue weighted by Gasteiger charge is 2.21. The monoisotopic (exact) mass is 249 g/mol. The van der Waals surface area contributed by atoms with Crippen molar-refractivity contribution in [3.8, 4) is 0 Å². The molecule has 0 aliphatic heterocycles. The largest absolute Gasteiger partial charge is 0.389 e. The van der Waals surface area contributed by atoms with Crippen LogP contribution in [0.1, 0.15) is 24.0 Å². The lowest BCUT2D eigenvalue weighted by Crippen LogP contribution is -2.25. The zero-order valence-electron chi connectivity index (χ0n) is 11.3. The highest BCUT2D eigenvalue weighted by Crippen LogP contribution is 2.28. The van der Waals surface area contributed by atoms with E-state index in [1.54, 1.807) is 0 Å². The number of hydrogen-bond donors (Lipinski definition) is 2. The maximum Gasteiger partial charge on any atom is 0.0945 e. The first kappa shape index (κ1) is 13.4. The van der Waals surface area contributed by atoms with Gasteiger partial charge in [-0.2, -0.15) is 0 Å². The third-order valence-electron chi connectivity index (χ3n) is 3.41. The predicted octanol–water partition coefficient (Wildman–Crippen LogP) is 2.50. The van der Waals surface area contributed by atoms with Crippen molar-refractivity contribution in [2.75, 3.05) is 25.1 Å². The number of rotatable bonds is 7. The molecule has 1 saturated carbocycles. The Morgan fingerprint density at radius 1 is 1.33 bits per heavy atom. The minimum atomic E-state index is -0.439. The summed E-state index contributed by atoms with van der Waals surface area (Å²) in [6, 6.07) is 6.24. The Morgan fingerprint density at radius 2 is 2.11 bits per heavy atom. The molecule has 0 saturated heterocycles. The van der Waals surface area contributed by atoms with E-state index in [1.165, 1.54) is 24.0 Å². The number of aliphatic hydroxyl groups excluding tert-OH is 1. The summed E-state index contributed by atoms with van der Waals surface area (Å²) >= 11 is 0. The van der Waals surface area contributed by atoms with E-state index in [2.05, 4.69) is 31.3 Å². The summed E-state index contributed by atoms with van der Waals surface area (Å²) in [5, 5.41) is 13.0. The molecule has 0 amide bonds. The van der Waals surface area contributed by atoms with Crippen LogP contribution in [0.2, 0.25) is 0 Å². The van der Waals surface area contributed by atoms with Crippen LogP contribution in [0.25, 0.3) is 0 Å². The van der Waals surface area contributed by atoms with Crippen molar-refractivity contribution in [2.45, 2.75) is 32.8 Å². The summed E-state index contributed by atoms with van der Waals surface area (Å²) in [6.07, 6.45) is 2.14. The second kappa shape index (κ2) is 6.21. The van der Waals surface area contributed by atoms with E-state index in [1.807, 2.05) is 6.07 Å². The number of aliphatic hydroxyl groups is 1. The van der Waals surface area contributed by atoms with Crippen molar-refractivity contribution in [2.24, 2.45) is 5.92 Å². The molecule has 2 N–H and O–H groups in total. The maximum atomic E-state index is 9.78. The molecule has 100 valence electrons. The van der Waals surface area contributed by atoms with Crippen LogP contribution in [0.4, 0.5) is 5.69 Å². The highest BCUT2D eigenvalue weighted by molar-refractivity contribution is 5.48. The molecular formula is C15H23NO2. The summed E-state index contributed by atoms with van der Waals surface area (Å²) in [4.78, 5) is 0. The maximum absolute atomic E-state index is 9.78. The molecule has 3 nitrogen and oxygen atoms in total. The first-order chi connectivity index (χ1) is 8.65. The van der Waals surface area contributed by atoms with E-state index >= 15 is 0 Å². The minimum absolute atomic E-state index is 0.425. The molecule has 1 aromatic carbocycles. The van der Waals surface area contributed by atoms with Crippen molar-refractivity contribution in [3.63, 3.8) is 0 Å². The molecule has 0 spiro atoms. The third kappa shape index (κ3) is 4.31. The van der Waals surface area contributed by atoms with Crippen molar-refractivity contribution in [1.82, 2.24) is 0 Å². The molecule has 1 aromatic rings. The zero-order valence-corrected chi connectivity index (χ0v) is 11.3. The van der Waals surface area contributed by atoms with Gasteiger partial charge >= 0.3 is 0 Å². The third-order valence-corrected chi connectivity index (χ3v) is 3.41. The van der Waals surface area contributed by atoms with Crippen LogP contribution < -0.4 is 5.32 Å². The number of anilines is 1. The topological polar surface area (TPSA) is 41.5 Å². The Bertz CT molecular complexity index is 388. The molecule has 2 rings (SSSR count). The molecule has 1 fully saturated rings. The average molecular weight is 249 g/mol. The van der Waals surface area contributed by atoms with Crippen molar-refractivity contribution in [1.29, 1.82) is 0 Å². The minimum Gasteiger partial charge on any atom is -0.389 e. The average Bonchev–Trinajstić information content (AvgIpc) is 3.15. The van der Waals surface area contributed by atoms with E-state index in [0.717, 1.165) is 18.2 Å². The van der Waals surface area contributed by atoms with Gasteiger partial charge in [0.05, 0.1) is 12.7 Å². The van der Waals surface area contributed by atoms with Crippen molar-refractivity contribution in [3.05, 3.63) is 29.3 Å². The van der Waals surface area contributed by atoms with Crippen LogP contribution >= 0.6 is 0 Å². The van der Waals surface area contributed by atoms with Gasteiger partial charge < -0.3 is 15.2 Å². The number of nitrogens with one attached hydrogen (secondary N) is 1. The molecule has 3 heteroatoms. The summed E-state index contributed by atoms with van der Waals surface area (Å²) in [5.74, 6) is 0.755. The van der Waals surface area contributed by atoms with Gasteiger partial charge in [-0.25, -0.2) is 0 Å². The van der Waals surface area contributed by atoms with Crippen LogP contribution in [-0.2, 0) is 4.74 Å². The Labute approximate surface area is 109 Å². The standard InChI is InChI=1S/C15H23NO2/c1-11-3-6-14(7-12(11)2)16-8-15(17)10-18-9-13-4-5-13/h3,6-7,13,15-17H,4-5,8-10H2,1-2H3. The summed E-state index contributed by atoms with van der Waals surface area (Å²) in [6.45, 7) is 5.96. The van der Waals surface area contributed by atoms with Crippen LogP contribution in [0.3, 0.4) is 0 Å². The fourth-order valence-electron chi connectivity index (χ4n) is 1.80. The summed E-state index contributed by atoms with van der Waals surface area (Å²) < 4.78 is 5.46. The second-order valence-electron chi connectivity index (χ2n) is 5.31. The second-order valence-corrected chi connectivity index (χ2v) is 5.31. The van der Waals surface area contributed by atoms with Gasteiger partial charge in [-0.05, 0) is 55.9 Å². The van der Waals surface area contributed by atoms with Crippen molar-refractivity contribution < 1.29 is 9.84 Å². The zero-order chi connectivity index (χ0) is 13.0. The predicted molar refractivity (Wildman–Crippen MR) is 74.0 cm³/mol. The Kier molecular flexibility index (Phi) is 4.61. The normalized spacial score (nSPS) is 16.6. The van der Waals surface area contributed by atoms with Gasteiger partial charge in [0.15, 0.2) is 0 Å². The fraction of sp³-hybridized carbons (Fsp3) is 0.600. The molecule has 18 heavy (non-hydrogen) atoms. The molecule has 1 aliphatic rings. The van der Waals surface area contributed by atoms with Gasteiger partial charge in [0.2, 0.25) is 0 Å². The molecule has 1 aliphatic carbocycles. The van der Waals surface area contributed by atoms with E-state index in [-0.39, 0.29) is 0 Å². The Morgan fingerprint density at radius 3 is 2.78 bits per heavy atom. The lowest BCUT2D eigenvalue weighted by atomic mass is 10.1. The van der Waals surface area contributed by atoms with Gasteiger partial charge in [-0.3, -0.25) is 0 Å². The number of hydrogen-bond acceptors (Lipinski definition) is 3. The molecule has 1 unspecified atom stereocenters. The molecule has 1 atom stereocenters. The lowest BCUT2D eigenvalue weighted by Gasteiger charge is -2.14. The Hall–Kier alpha value is -1.06. The van der Waals surface area contributed by atoms with Crippen molar-refractivity contribution >= 4 is 5.69 Å². The van der Waals surface area contributed by atoms with Crippen LogP contribution in [0.5, 0.6) is 0 Å². The SMILES string of the molecule is Cc1ccc(NCC(O)COCC2CC2)cc1C. The fourth-order valence-corrected chi connectivity index (χ4v) is 1.80. The highest BCUT2D eigenvalue weighted by atomic mass is 16.5. The van der Waals surface area contributed by atoms with E-state index in [4.69, 9.17) is 4.74 Å². The van der Waals surface area contributed by atoms with Gasteiger partial charge in [-0.1, -0.05) is 6.07 Å². The molecule has 0 aromatic heterocycles. The lowest BCUT2D eigenvalue weighted by molar-refractivity contribution is 0.0386. The molecular weight excluding hydrogens is 226 g/mol. The van der Waals surface area contributed by atoms with Crippen LogP contribution in [0.15, 0.2) is 18.2 Å². The van der Waals surface area contributed by atoms with Crippen LogP contribution in [0, 0.1) is 19.8 Å². The number of ether oxygens (including phenoxy) is 1. The molecule has 0 radical (unpaired) electrons. The summed E-state index contributed by atoms with van der Waals surface area (Å²) in [5.41, 5.74) is 3.60. The molecule has 0 heterocycles. The quantitative estimate of drug-likeness (QED) is 0.780. The number of benzene rings is 1. The van der Waals surface area contributed by atoms with Crippen LogP contribution in [-0.4, -0.2) is 31.0 Å². The number of aryl methyl sites for hydroxylation is 2. The van der Waals surface area contributed by atoms with E-state index < -0.39 is 6.10 Å². The Balaban J connectivity index is 1.67. The van der Waals surface area contributed by atoms with Gasteiger partial charge in [0.25, 0.3) is 0 Å². The first-order valence-corrected chi connectivity index (χ1v) is 6.72. The summed E-state index contributed by atoms with van der Waals surface area (Å²) in [7, 11) is 0. The molecule has 0 bridgehead atoms. The van der Waals surface area contributed by atoms with E-state index in [9.17, 15) is 5.11 Å². The van der Waals surface area contributed by atoms with E-state index in [0.29, 0.717) is 13.2 Å².